The lowest BCUT2D eigenvalue weighted by atomic mass is 9.86. The van der Waals surface area contributed by atoms with Gasteiger partial charge in [-0.05, 0) is 49.1 Å². The fraction of sp³-hybridized carbons (Fsp3) is 0.571. The van der Waals surface area contributed by atoms with Crippen molar-refractivity contribution in [2.45, 2.75) is 32.1 Å². The van der Waals surface area contributed by atoms with Gasteiger partial charge in [0.1, 0.15) is 0 Å². The van der Waals surface area contributed by atoms with Crippen LogP contribution in [0.2, 0.25) is 0 Å². The minimum absolute atomic E-state index is 0.0263. The van der Waals surface area contributed by atoms with Gasteiger partial charge in [0.05, 0.1) is 0 Å². The predicted octanol–water partition coefficient (Wildman–Crippen LogP) is 2.55. The smallest absolute Gasteiger partial charge is 0.225 e. The highest BCUT2D eigenvalue weighted by molar-refractivity contribution is 5.91. The van der Waals surface area contributed by atoms with Gasteiger partial charge in [-0.3, -0.25) is 4.79 Å². The Balaban J connectivity index is 1.58. The second-order valence-corrected chi connectivity index (χ2v) is 5.56. The van der Waals surface area contributed by atoms with Crippen molar-refractivity contribution in [2.75, 3.05) is 5.32 Å². The maximum atomic E-state index is 11.9. The molecule has 0 aliphatic heterocycles. The molecule has 3 atom stereocenters. The molecule has 2 aliphatic carbocycles. The van der Waals surface area contributed by atoms with Crippen molar-refractivity contribution in [2.24, 2.45) is 17.8 Å². The highest BCUT2D eigenvalue weighted by atomic mass is 16.3. The number of nitrogens with one attached hydrogen (secondary N) is 1. The van der Waals surface area contributed by atoms with Crippen LogP contribution in [0.5, 0.6) is 5.75 Å². The molecule has 4 heteroatoms. The highest BCUT2D eigenvalue weighted by Gasteiger charge is 2.40. The molecule has 4 nitrogen and oxygen atoms in total. The van der Waals surface area contributed by atoms with Crippen LogP contribution < -0.4 is 5.32 Å². The molecule has 0 aromatic carbocycles. The van der Waals surface area contributed by atoms with E-state index in [1.165, 1.54) is 31.7 Å². The number of fused-ring (bicyclic) bond motifs is 2. The van der Waals surface area contributed by atoms with Gasteiger partial charge in [0.15, 0.2) is 11.6 Å². The first-order chi connectivity index (χ1) is 8.72. The molecule has 1 amide bonds. The number of carbonyl (C=O) groups is 1. The normalized spacial score (nSPS) is 29.4. The lowest BCUT2D eigenvalue weighted by Crippen LogP contribution is -2.20. The van der Waals surface area contributed by atoms with Crippen LogP contribution in [0.4, 0.5) is 5.82 Å². The molecule has 1 aromatic rings. The topological polar surface area (TPSA) is 62.2 Å². The van der Waals surface area contributed by atoms with Crippen LogP contribution in [0.1, 0.15) is 32.1 Å². The summed E-state index contributed by atoms with van der Waals surface area (Å²) in [5, 5.41) is 12.2. The van der Waals surface area contributed by atoms with E-state index >= 15 is 0 Å². The summed E-state index contributed by atoms with van der Waals surface area (Å²) in [6.45, 7) is 0. The van der Waals surface area contributed by atoms with Gasteiger partial charge in [-0.25, -0.2) is 4.98 Å². The van der Waals surface area contributed by atoms with Crippen LogP contribution >= 0.6 is 0 Å². The summed E-state index contributed by atoms with van der Waals surface area (Å²) in [7, 11) is 0. The third-order valence-corrected chi connectivity index (χ3v) is 4.38. The molecule has 2 aliphatic rings. The summed E-state index contributed by atoms with van der Waals surface area (Å²) in [6.07, 6.45) is 7.28. The highest BCUT2D eigenvalue weighted by Crippen LogP contribution is 2.49. The second kappa shape index (κ2) is 4.59. The molecule has 3 rings (SSSR count). The molecule has 1 aromatic heterocycles. The molecule has 18 heavy (non-hydrogen) atoms. The van der Waals surface area contributed by atoms with Crippen LogP contribution in [0.25, 0.3) is 0 Å². The average molecular weight is 246 g/mol. The van der Waals surface area contributed by atoms with Crippen molar-refractivity contribution < 1.29 is 9.90 Å². The Morgan fingerprint density at radius 3 is 3.00 bits per heavy atom. The monoisotopic (exact) mass is 246 g/mol. The second-order valence-electron chi connectivity index (χ2n) is 5.56. The van der Waals surface area contributed by atoms with Crippen LogP contribution in [-0.4, -0.2) is 16.0 Å². The van der Waals surface area contributed by atoms with E-state index in [0.717, 1.165) is 11.8 Å². The molecule has 0 saturated heterocycles. The number of aromatic hydroxyl groups is 1. The molecule has 96 valence electrons. The number of rotatable bonds is 3. The van der Waals surface area contributed by atoms with Gasteiger partial charge < -0.3 is 10.4 Å². The Morgan fingerprint density at radius 1 is 1.44 bits per heavy atom. The molecule has 1 heterocycles. The van der Waals surface area contributed by atoms with Crippen LogP contribution in [0.15, 0.2) is 18.3 Å². The van der Waals surface area contributed by atoms with Gasteiger partial charge in [0.2, 0.25) is 5.91 Å². The van der Waals surface area contributed by atoms with Crippen molar-refractivity contribution >= 4 is 11.7 Å². The van der Waals surface area contributed by atoms with Gasteiger partial charge in [0.25, 0.3) is 0 Å². The van der Waals surface area contributed by atoms with E-state index in [0.29, 0.717) is 12.3 Å². The lowest BCUT2D eigenvalue weighted by molar-refractivity contribution is -0.117. The van der Waals surface area contributed by atoms with Crippen molar-refractivity contribution in [3.05, 3.63) is 18.3 Å². The molecule has 2 fully saturated rings. The molecular weight excluding hydrogens is 228 g/mol. The van der Waals surface area contributed by atoms with E-state index in [9.17, 15) is 9.90 Å². The number of aromatic nitrogens is 1. The van der Waals surface area contributed by atoms with E-state index in [4.69, 9.17) is 0 Å². The predicted molar refractivity (Wildman–Crippen MR) is 68.1 cm³/mol. The maximum absolute atomic E-state index is 11.9. The Bertz CT molecular complexity index is 461. The lowest BCUT2D eigenvalue weighted by Gasteiger charge is -2.20. The summed E-state index contributed by atoms with van der Waals surface area (Å²) in [6, 6.07) is 3.17. The molecule has 3 unspecified atom stereocenters. The Morgan fingerprint density at radius 2 is 2.33 bits per heavy atom. The summed E-state index contributed by atoms with van der Waals surface area (Å²) in [5.74, 6) is 2.41. The first kappa shape index (κ1) is 11.5. The number of amides is 1. The number of hydrogen-bond donors (Lipinski definition) is 2. The van der Waals surface area contributed by atoms with Gasteiger partial charge in [-0.15, -0.1) is 0 Å². The van der Waals surface area contributed by atoms with Crippen molar-refractivity contribution in [3.63, 3.8) is 0 Å². The van der Waals surface area contributed by atoms with Crippen molar-refractivity contribution in [1.29, 1.82) is 0 Å². The van der Waals surface area contributed by atoms with Crippen LogP contribution in [0.3, 0.4) is 0 Å². The van der Waals surface area contributed by atoms with Gasteiger partial charge in [-0.2, -0.15) is 0 Å². The molecule has 2 N–H and O–H groups in total. The number of pyridine rings is 1. The van der Waals surface area contributed by atoms with Gasteiger partial charge >= 0.3 is 0 Å². The zero-order valence-corrected chi connectivity index (χ0v) is 10.3. The van der Waals surface area contributed by atoms with Crippen LogP contribution in [0, 0.1) is 17.8 Å². The Kier molecular flexibility index (Phi) is 2.94. The first-order valence-electron chi connectivity index (χ1n) is 6.66. The quantitative estimate of drug-likeness (QED) is 0.861. The molecule has 0 radical (unpaired) electrons. The first-order valence-corrected chi connectivity index (χ1v) is 6.66. The Labute approximate surface area is 106 Å². The van der Waals surface area contributed by atoms with E-state index in [1.54, 1.807) is 12.3 Å². The third kappa shape index (κ3) is 2.19. The van der Waals surface area contributed by atoms with E-state index < -0.39 is 0 Å². The largest absolute Gasteiger partial charge is 0.504 e. The standard InChI is InChI=1S/C14H18N2O2/c17-12-2-1-5-15-14(12)16-13(18)8-11-7-9-3-4-10(11)6-9/h1-2,5,9-11,17H,3-4,6-8H2,(H,15,16,18). The number of nitrogens with zero attached hydrogens (tertiary/aromatic N) is 1. The van der Waals surface area contributed by atoms with Gasteiger partial charge in [0, 0.05) is 12.6 Å². The SMILES string of the molecule is O=C(CC1CC2CCC1C2)Nc1ncccc1O. The zero-order valence-electron chi connectivity index (χ0n) is 10.3. The van der Waals surface area contributed by atoms with Crippen molar-refractivity contribution in [1.82, 2.24) is 4.98 Å². The fourth-order valence-electron chi connectivity index (χ4n) is 3.54. The summed E-state index contributed by atoms with van der Waals surface area (Å²) in [5.41, 5.74) is 0. The summed E-state index contributed by atoms with van der Waals surface area (Å²) >= 11 is 0. The van der Waals surface area contributed by atoms with Gasteiger partial charge in [-0.1, -0.05) is 6.42 Å². The molecule has 2 saturated carbocycles. The van der Waals surface area contributed by atoms with E-state index in [2.05, 4.69) is 10.3 Å². The van der Waals surface area contributed by atoms with Crippen molar-refractivity contribution in [3.8, 4) is 5.75 Å². The molecular formula is C14H18N2O2. The minimum Gasteiger partial charge on any atom is -0.504 e. The Hall–Kier alpha value is -1.58. The fourth-order valence-corrected chi connectivity index (χ4v) is 3.54. The van der Waals surface area contributed by atoms with Crippen LogP contribution in [-0.2, 0) is 4.79 Å². The minimum atomic E-state index is -0.0263. The number of carbonyl (C=O) groups excluding carboxylic acids is 1. The van der Waals surface area contributed by atoms with E-state index in [1.807, 2.05) is 0 Å². The molecule has 0 spiro atoms. The maximum Gasteiger partial charge on any atom is 0.225 e. The van der Waals surface area contributed by atoms with E-state index in [-0.39, 0.29) is 17.5 Å². The number of anilines is 1. The third-order valence-electron chi connectivity index (χ3n) is 4.38. The summed E-state index contributed by atoms with van der Waals surface area (Å²) in [4.78, 5) is 15.9. The number of hydrogen-bond acceptors (Lipinski definition) is 3. The zero-order chi connectivity index (χ0) is 12.5. The molecule has 2 bridgehead atoms. The summed E-state index contributed by atoms with van der Waals surface area (Å²) < 4.78 is 0. The average Bonchev–Trinajstić information content (AvgIpc) is 2.94.